The van der Waals surface area contributed by atoms with E-state index in [9.17, 15) is 14.4 Å². The summed E-state index contributed by atoms with van der Waals surface area (Å²) in [7, 11) is 0. The predicted octanol–water partition coefficient (Wildman–Crippen LogP) is 2.80. The van der Waals surface area contributed by atoms with Gasteiger partial charge in [0.2, 0.25) is 11.8 Å². The van der Waals surface area contributed by atoms with E-state index in [1.807, 2.05) is 13.8 Å². The Hall–Kier alpha value is -1.63. The van der Waals surface area contributed by atoms with Crippen LogP contribution in [0.25, 0.3) is 0 Å². The Kier molecular flexibility index (Phi) is 6.89. The fraction of sp³-hybridized carbons (Fsp3) is 0.875. The van der Waals surface area contributed by atoms with E-state index in [-0.39, 0.29) is 29.4 Å². The molecule has 4 aliphatic carbocycles. The number of imide groups is 1. The molecular formula is C24H40N4O3. The lowest BCUT2D eigenvalue weighted by Gasteiger charge is -2.56. The van der Waals surface area contributed by atoms with Gasteiger partial charge in [0.25, 0.3) is 0 Å². The Morgan fingerprint density at radius 2 is 1.71 bits per heavy atom. The number of hydrogen-bond donors (Lipinski definition) is 3. The van der Waals surface area contributed by atoms with Crippen LogP contribution in [-0.4, -0.2) is 54.0 Å². The van der Waals surface area contributed by atoms with Crippen LogP contribution in [0.15, 0.2) is 0 Å². The first kappa shape index (κ1) is 22.6. The number of urea groups is 1. The number of likely N-dealkylation sites (tertiary alicyclic amines) is 1. The lowest BCUT2D eigenvalue weighted by molar-refractivity contribution is -0.126. The smallest absolute Gasteiger partial charge is 0.321 e. The molecule has 5 fully saturated rings. The van der Waals surface area contributed by atoms with Gasteiger partial charge in [-0.25, -0.2) is 4.79 Å². The van der Waals surface area contributed by atoms with Crippen molar-refractivity contribution >= 4 is 17.8 Å². The molecule has 7 heteroatoms. The Morgan fingerprint density at radius 3 is 2.32 bits per heavy atom. The molecule has 2 unspecified atom stereocenters. The standard InChI is InChI=1S/C24H40N4O3/c1-3-5-21(29)25-14-17-6-4-7-28(15-17)16(2)22(30)26-23(31)27-24-11-18-8-19(12-24)10-20(9-18)13-24/h16-20H,3-15H2,1-2H3,(H,25,29)(H2,26,27,30,31). The van der Waals surface area contributed by atoms with Crippen molar-refractivity contribution in [1.82, 2.24) is 20.9 Å². The molecule has 0 radical (unpaired) electrons. The molecule has 4 amide bonds. The van der Waals surface area contributed by atoms with Crippen molar-refractivity contribution in [2.45, 2.75) is 89.6 Å². The van der Waals surface area contributed by atoms with Crippen LogP contribution in [0.1, 0.15) is 78.1 Å². The van der Waals surface area contributed by atoms with Crippen molar-refractivity contribution in [3.63, 3.8) is 0 Å². The van der Waals surface area contributed by atoms with Gasteiger partial charge in [-0.1, -0.05) is 6.92 Å². The fourth-order valence-corrected chi connectivity index (χ4v) is 7.11. The molecule has 1 saturated heterocycles. The first-order chi connectivity index (χ1) is 14.9. The second kappa shape index (κ2) is 9.47. The van der Waals surface area contributed by atoms with Crippen LogP contribution in [0.5, 0.6) is 0 Å². The maximum absolute atomic E-state index is 12.8. The Labute approximate surface area is 186 Å². The minimum atomic E-state index is -0.351. The molecular weight excluding hydrogens is 392 g/mol. The zero-order valence-corrected chi connectivity index (χ0v) is 19.3. The minimum Gasteiger partial charge on any atom is -0.356 e. The maximum atomic E-state index is 12.8. The van der Waals surface area contributed by atoms with E-state index in [1.54, 1.807) is 0 Å². The largest absolute Gasteiger partial charge is 0.356 e. The summed E-state index contributed by atoms with van der Waals surface area (Å²) in [6, 6.07) is -0.671. The molecule has 5 aliphatic rings. The van der Waals surface area contributed by atoms with Crippen LogP contribution in [0.2, 0.25) is 0 Å². The summed E-state index contributed by atoms with van der Waals surface area (Å²) in [5.74, 6) is 2.49. The van der Waals surface area contributed by atoms with E-state index < -0.39 is 0 Å². The molecule has 1 aliphatic heterocycles. The number of carbonyl (C=O) groups excluding carboxylic acids is 3. The summed E-state index contributed by atoms with van der Waals surface area (Å²) in [4.78, 5) is 39.4. The number of piperidine rings is 1. The van der Waals surface area contributed by atoms with Crippen molar-refractivity contribution in [2.24, 2.45) is 23.7 Å². The van der Waals surface area contributed by atoms with Crippen molar-refractivity contribution in [3.8, 4) is 0 Å². The second-order valence-corrected chi connectivity index (χ2v) is 10.9. The van der Waals surface area contributed by atoms with Crippen LogP contribution in [0, 0.1) is 23.7 Å². The van der Waals surface area contributed by atoms with Gasteiger partial charge < -0.3 is 10.6 Å². The number of nitrogens with zero attached hydrogens (tertiary/aromatic N) is 1. The topological polar surface area (TPSA) is 90.5 Å². The summed E-state index contributed by atoms with van der Waals surface area (Å²) >= 11 is 0. The molecule has 31 heavy (non-hydrogen) atoms. The Morgan fingerprint density at radius 1 is 1.06 bits per heavy atom. The average Bonchev–Trinajstić information content (AvgIpc) is 2.70. The third-order valence-electron chi connectivity index (χ3n) is 8.20. The van der Waals surface area contributed by atoms with E-state index in [2.05, 4.69) is 20.9 Å². The molecule has 2 atom stereocenters. The fourth-order valence-electron chi connectivity index (χ4n) is 7.11. The summed E-state index contributed by atoms with van der Waals surface area (Å²) in [5.41, 5.74) is -0.0880. The number of rotatable bonds is 7. The van der Waals surface area contributed by atoms with Gasteiger partial charge in [0.15, 0.2) is 0 Å². The molecule has 3 N–H and O–H groups in total. The van der Waals surface area contributed by atoms with Gasteiger partial charge in [-0.3, -0.25) is 19.8 Å². The van der Waals surface area contributed by atoms with Gasteiger partial charge >= 0.3 is 6.03 Å². The average molecular weight is 433 g/mol. The molecule has 0 aromatic heterocycles. The summed E-state index contributed by atoms with van der Waals surface area (Å²) < 4.78 is 0. The van der Waals surface area contributed by atoms with Gasteiger partial charge in [-0.15, -0.1) is 0 Å². The normalized spacial score (nSPS) is 35.4. The summed E-state index contributed by atoms with van der Waals surface area (Å²) in [6.45, 7) is 6.17. The zero-order chi connectivity index (χ0) is 22.0. The lowest BCUT2D eigenvalue weighted by Crippen LogP contribution is -2.62. The van der Waals surface area contributed by atoms with Gasteiger partial charge in [0.05, 0.1) is 6.04 Å². The van der Waals surface area contributed by atoms with E-state index in [0.29, 0.717) is 18.9 Å². The quantitative estimate of drug-likeness (QED) is 0.577. The summed E-state index contributed by atoms with van der Waals surface area (Å²) in [5, 5.41) is 8.88. The monoisotopic (exact) mass is 432 g/mol. The Balaban J connectivity index is 1.24. The number of carbonyl (C=O) groups is 3. The highest BCUT2D eigenvalue weighted by atomic mass is 16.2. The molecule has 174 valence electrons. The molecule has 0 aromatic rings. The highest BCUT2D eigenvalue weighted by Crippen LogP contribution is 2.55. The lowest BCUT2D eigenvalue weighted by atomic mass is 9.53. The SMILES string of the molecule is CCCC(=O)NCC1CCCN(C(C)C(=O)NC(=O)NC23CC4CC(CC(C4)C2)C3)C1. The molecule has 5 rings (SSSR count). The summed E-state index contributed by atoms with van der Waals surface area (Å²) in [6.07, 6.45) is 10.7. The van der Waals surface area contributed by atoms with Crippen molar-refractivity contribution in [2.75, 3.05) is 19.6 Å². The van der Waals surface area contributed by atoms with Gasteiger partial charge in [-0.05, 0) is 94.9 Å². The van der Waals surface area contributed by atoms with E-state index in [4.69, 9.17) is 0 Å². The molecule has 4 saturated carbocycles. The molecule has 1 heterocycles. The van der Waals surface area contributed by atoms with Crippen molar-refractivity contribution in [1.29, 1.82) is 0 Å². The molecule has 0 aromatic carbocycles. The predicted molar refractivity (Wildman–Crippen MR) is 119 cm³/mol. The van der Waals surface area contributed by atoms with Gasteiger partial charge in [0.1, 0.15) is 0 Å². The van der Waals surface area contributed by atoms with Gasteiger partial charge in [0, 0.05) is 25.0 Å². The molecule has 4 bridgehead atoms. The maximum Gasteiger partial charge on any atom is 0.321 e. The third kappa shape index (κ3) is 5.41. The van der Waals surface area contributed by atoms with Crippen molar-refractivity contribution in [3.05, 3.63) is 0 Å². The van der Waals surface area contributed by atoms with Crippen LogP contribution < -0.4 is 16.0 Å². The van der Waals surface area contributed by atoms with E-state index >= 15 is 0 Å². The number of amides is 4. The van der Waals surface area contributed by atoms with E-state index in [0.717, 1.165) is 69.4 Å². The second-order valence-electron chi connectivity index (χ2n) is 10.9. The van der Waals surface area contributed by atoms with Crippen LogP contribution in [-0.2, 0) is 9.59 Å². The zero-order valence-electron chi connectivity index (χ0n) is 19.3. The third-order valence-corrected chi connectivity index (χ3v) is 8.20. The van der Waals surface area contributed by atoms with Crippen LogP contribution in [0.4, 0.5) is 4.79 Å². The number of nitrogens with one attached hydrogen (secondary N) is 3. The molecule has 0 spiro atoms. The number of hydrogen-bond acceptors (Lipinski definition) is 4. The van der Waals surface area contributed by atoms with Crippen LogP contribution in [0.3, 0.4) is 0 Å². The van der Waals surface area contributed by atoms with E-state index in [1.165, 1.54) is 19.3 Å². The van der Waals surface area contributed by atoms with Crippen LogP contribution >= 0.6 is 0 Å². The molecule has 7 nitrogen and oxygen atoms in total. The Bertz CT molecular complexity index is 659. The highest BCUT2D eigenvalue weighted by molar-refractivity contribution is 5.97. The first-order valence-electron chi connectivity index (χ1n) is 12.5. The van der Waals surface area contributed by atoms with Crippen molar-refractivity contribution < 1.29 is 14.4 Å². The first-order valence-corrected chi connectivity index (χ1v) is 12.5. The van der Waals surface area contributed by atoms with Gasteiger partial charge in [-0.2, -0.15) is 0 Å². The highest BCUT2D eigenvalue weighted by Gasteiger charge is 2.51. The minimum absolute atomic E-state index is 0.0880.